The minimum atomic E-state index is -0.0220. The van der Waals surface area contributed by atoms with E-state index in [2.05, 4.69) is 0 Å². The summed E-state index contributed by atoms with van der Waals surface area (Å²) in [5, 5.41) is 0. The average molecular weight is 143 g/mol. The number of ether oxygens (including phenoxy) is 1. The molecule has 0 amide bonds. The quantitative estimate of drug-likeness (QED) is 0.570. The Bertz CT molecular complexity index is 116. The van der Waals surface area contributed by atoms with Crippen LogP contribution < -0.4 is 5.73 Å². The molecule has 3 nitrogen and oxygen atoms in total. The number of carbonyl (C=O) groups is 1. The van der Waals surface area contributed by atoms with Crippen LogP contribution in [0.2, 0.25) is 0 Å². The van der Waals surface area contributed by atoms with E-state index in [4.69, 9.17) is 10.5 Å². The summed E-state index contributed by atoms with van der Waals surface area (Å²) in [6, 6.07) is 0.0685. The zero-order valence-corrected chi connectivity index (χ0v) is 5.95. The van der Waals surface area contributed by atoms with E-state index in [9.17, 15) is 4.79 Å². The SMILES string of the molecule is N[C@@H]1CCCC[C@H]1OC=O. The van der Waals surface area contributed by atoms with Gasteiger partial charge in [0.25, 0.3) is 6.47 Å². The monoisotopic (exact) mass is 143 g/mol. The van der Waals surface area contributed by atoms with Gasteiger partial charge in [-0.15, -0.1) is 0 Å². The molecule has 0 aromatic rings. The summed E-state index contributed by atoms with van der Waals surface area (Å²) in [7, 11) is 0. The topological polar surface area (TPSA) is 52.3 Å². The van der Waals surface area contributed by atoms with E-state index in [0.29, 0.717) is 6.47 Å². The standard InChI is InChI=1S/C7H13NO2/c8-6-3-1-2-4-7(6)10-5-9/h5-7H,1-4,8H2/t6-,7-/m1/s1. The Hall–Kier alpha value is -0.570. The number of carbonyl (C=O) groups excluding carboxylic acids is 1. The Kier molecular flexibility index (Phi) is 2.68. The van der Waals surface area contributed by atoms with Crippen LogP contribution in [0, 0.1) is 0 Å². The summed E-state index contributed by atoms with van der Waals surface area (Å²) in [5.74, 6) is 0. The highest BCUT2D eigenvalue weighted by Crippen LogP contribution is 2.18. The molecule has 0 radical (unpaired) electrons. The zero-order chi connectivity index (χ0) is 7.40. The van der Waals surface area contributed by atoms with Crippen molar-refractivity contribution in [2.75, 3.05) is 0 Å². The Morgan fingerprint density at radius 3 is 2.70 bits per heavy atom. The lowest BCUT2D eigenvalue weighted by molar-refractivity contribution is -0.135. The van der Waals surface area contributed by atoms with Crippen LogP contribution in [0.3, 0.4) is 0 Å². The molecule has 0 bridgehead atoms. The molecular weight excluding hydrogens is 130 g/mol. The summed E-state index contributed by atoms with van der Waals surface area (Å²) in [6.45, 7) is 0.496. The van der Waals surface area contributed by atoms with Gasteiger partial charge in [0.05, 0.1) is 0 Å². The van der Waals surface area contributed by atoms with Gasteiger partial charge >= 0.3 is 0 Å². The van der Waals surface area contributed by atoms with E-state index < -0.39 is 0 Å². The van der Waals surface area contributed by atoms with Crippen molar-refractivity contribution in [2.45, 2.75) is 37.8 Å². The molecule has 10 heavy (non-hydrogen) atoms. The van der Waals surface area contributed by atoms with Gasteiger partial charge in [0.1, 0.15) is 6.10 Å². The fourth-order valence-corrected chi connectivity index (χ4v) is 1.37. The molecule has 1 saturated carbocycles. The lowest BCUT2D eigenvalue weighted by atomic mass is 9.93. The van der Waals surface area contributed by atoms with Crippen LogP contribution in [0.1, 0.15) is 25.7 Å². The molecule has 1 aliphatic rings. The maximum absolute atomic E-state index is 9.94. The Balaban J connectivity index is 2.32. The van der Waals surface area contributed by atoms with Crippen LogP contribution in [0.4, 0.5) is 0 Å². The molecule has 0 aromatic carbocycles. The third kappa shape index (κ3) is 1.70. The van der Waals surface area contributed by atoms with Crippen molar-refractivity contribution in [1.29, 1.82) is 0 Å². The second kappa shape index (κ2) is 3.56. The van der Waals surface area contributed by atoms with Crippen LogP contribution >= 0.6 is 0 Å². The van der Waals surface area contributed by atoms with Crippen molar-refractivity contribution in [1.82, 2.24) is 0 Å². The predicted octanol–water partition coefficient (Wildman–Crippen LogP) is 0.429. The van der Waals surface area contributed by atoms with E-state index in [1.54, 1.807) is 0 Å². The van der Waals surface area contributed by atoms with Crippen molar-refractivity contribution in [3.8, 4) is 0 Å². The smallest absolute Gasteiger partial charge is 0.293 e. The first kappa shape index (κ1) is 7.54. The van der Waals surface area contributed by atoms with Gasteiger partial charge < -0.3 is 10.5 Å². The van der Waals surface area contributed by atoms with Gasteiger partial charge in [0.15, 0.2) is 0 Å². The summed E-state index contributed by atoms with van der Waals surface area (Å²) in [4.78, 5) is 9.94. The molecule has 1 aliphatic carbocycles. The van der Waals surface area contributed by atoms with E-state index in [1.807, 2.05) is 0 Å². The molecular formula is C7H13NO2. The van der Waals surface area contributed by atoms with Gasteiger partial charge in [0, 0.05) is 6.04 Å². The van der Waals surface area contributed by atoms with E-state index in [0.717, 1.165) is 19.3 Å². The molecule has 0 unspecified atom stereocenters. The number of hydrogen-bond acceptors (Lipinski definition) is 3. The molecule has 0 spiro atoms. The van der Waals surface area contributed by atoms with Crippen molar-refractivity contribution < 1.29 is 9.53 Å². The Morgan fingerprint density at radius 1 is 1.40 bits per heavy atom. The van der Waals surface area contributed by atoms with Gasteiger partial charge in [-0.2, -0.15) is 0 Å². The summed E-state index contributed by atoms with van der Waals surface area (Å²) < 4.78 is 4.79. The predicted molar refractivity (Wildman–Crippen MR) is 37.4 cm³/mol. The van der Waals surface area contributed by atoms with Crippen molar-refractivity contribution in [3.63, 3.8) is 0 Å². The summed E-state index contributed by atoms with van der Waals surface area (Å²) >= 11 is 0. The van der Waals surface area contributed by atoms with Crippen LogP contribution in [0.5, 0.6) is 0 Å². The lowest BCUT2D eigenvalue weighted by Gasteiger charge is -2.26. The van der Waals surface area contributed by atoms with Crippen LogP contribution in [-0.4, -0.2) is 18.6 Å². The molecule has 58 valence electrons. The lowest BCUT2D eigenvalue weighted by Crippen LogP contribution is -2.39. The fraction of sp³-hybridized carbons (Fsp3) is 0.857. The minimum Gasteiger partial charge on any atom is -0.463 e. The maximum atomic E-state index is 9.94. The van der Waals surface area contributed by atoms with Gasteiger partial charge in [0.2, 0.25) is 0 Å². The van der Waals surface area contributed by atoms with Crippen LogP contribution in [-0.2, 0) is 9.53 Å². The highest BCUT2D eigenvalue weighted by Gasteiger charge is 2.22. The number of hydrogen-bond donors (Lipinski definition) is 1. The summed E-state index contributed by atoms with van der Waals surface area (Å²) in [6.07, 6.45) is 4.19. The van der Waals surface area contributed by atoms with Crippen LogP contribution in [0.15, 0.2) is 0 Å². The van der Waals surface area contributed by atoms with E-state index >= 15 is 0 Å². The number of nitrogens with two attached hydrogens (primary N) is 1. The largest absolute Gasteiger partial charge is 0.463 e. The fourth-order valence-electron chi connectivity index (χ4n) is 1.37. The van der Waals surface area contributed by atoms with Crippen molar-refractivity contribution >= 4 is 6.47 Å². The molecule has 3 heteroatoms. The molecule has 0 heterocycles. The van der Waals surface area contributed by atoms with Gasteiger partial charge in [-0.1, -0.05) is 6.42 Å². The molecule has 0 saturated heterocycles. The molecule has 1 rings (SSSR count). The van der Waals surface area contributed by atoms with Crippen molar-refractivity contribution in [2.24, 2.45) is 5.73 Å². The van der Waals surface area contributed by atoms with Gasteiger partial charge in [-0.05, 0) is 19.3 Å². The molecule has 0 aliphatic heterocycles. The summed E-state index contributed by atoms with van der Waals surface area (Å²) in [5.41, 5.74) is 5.68. The van der Waals surface area contributed by atoms with Crippen LogP contribution in [0.25, 0.3) is 0 Å². The molecule has 2 atom stereocenters. The first-order valence-corrected chi connectivity index (χ1v) is 3.69. The van der Waals surface area contributed by atoms with E-state index in [-0.39, 0.29) is 12.1 Å². The minimum absolute atomic E-state index is 0.0220. The second-order valence-electron chi connectivity index (χ2n) is 2.72. The van der Waals surface area contributed by atoms with Gasteiger partial charge in [-0.25, -0.2) is 0 Å². The third-order valence-electron chi connectivity index (χ3n) is 1.98. The number of rotatable bonds is 2. The maximum Gasteiger partial charge on any atom is 0.293 e. The average Bonchev–Trinajstić information content (AvgIpc) is 1.94. The second-order valence-corrected chi connectivity index (χ2v) is 2.72. The highest BCUT2D eigenvalue weighted by molar-refractivity contribution is 5.37. The highest BCUT2D eigenvalue weighted by atomic mass is 16.5. The van der Waals surface area contributed by atoms with Crippen molar-refractivity contribution in [3.05, 3.63) is 0 Å². The molecule has 1 fully saturated rings. The Labute approximate surface area is 60.5 Å². The third-order valence-corrected chi connectivity index (χ3v) is 1.98. The van der Waals surface area contributed by atoms with E-state index in [1.165, 1.54) is 6.42 Å². The normalized spacial score (nSPS) is 33.3. The molecule has 2 N–H and O–H groups in total. The zero-order valence-electron chi connectivity index (χ0n) is 5.95. The first-order chi connectivity index (χ1) is 4.84. The first-order valence-electron chi connectivity index (χ1n) is 3.69. The molecule has 0 aromatic heterocycles. The van der Waals surface area contributed by atoms with Gasteiger partial charge in [-0.3, -0.25) is 4.79 Å². The Morgan fingerprint density at radius 2 is 2.10 bits per heavy atom.